The molecule has 0 unspecified atom stereocenters. The van der Waals surface area contributed by atoms with E-state index in [1.54, 1.807) is 0 Å². The van der Waals surface area contributed by atoms with Crippen molar-refractivity contribution in [3.05, 3.63) is 77.6 Å². The van der Waals surface area contributed by atoms with E-state index in [2.05, 4.69) is 27.5 Å². The van der Waals surface area contributed by atoms with Crippen LogP contribution in [0, 0.1) is 6.92 Å². The number of nitrogens with zero attached hydrogens (tertiary/aromatic N) is 2. The molecule has 0 aliphatic rings. The molecule has 0 bridgehead atoms. The molecule has 1 aromatic heterocycles. The first-order valence-corrected chi connectivity index (χ1v) is 8.20. The molecule has 2 N–H and O–H groups in total. The predicted molar refractivity (Wildman–Crippen MR) is 100 cm³/mol. The number of carbonyl (C=O) groups is 1. The average Bonchev–Trinajstić information content (AvgIpc) is 2.65. The van der Waals surface area contributed by atoms with Gasteiger partial charge in [0.25, 0.3) is 5.91 Å². The van der Waals surface area contributed by atoms with E-state index < -0.39 is 0 Å². The highest BCUT2D eigenvalue weighted by Gasteiger charge is 2.08. The number of anilines is 3. The Hall–Kier alpha value is -3.21. The molecule has 0 fully saturated rings. The Morgan fingerprint density at radius 2 is 1.52 bits per heavy atom. The summed E-state index contributed by atoms with van der Waals surface area (Å²) in [4.78, 5) is 20.7. The van der Waals surface area contributed by atoms with Crippen LogP contribution in [0.4, 0.5) is 17.3 Å². The Bertz CT molecular complexity index is 840. The third-order valence-electron chi connectivity index (χ3n) is 3.84. The number of nitrogens with one attached hydrogen (secondary N) is 2. The van der Waals surface area contributed by atoms with Crippen LogP contribution < -0.4 is 10.6 Å². The number of rotatable bonds is 5. The minimum atomic E-state index is -0.230. The predicted octanol–water partition coefficient (Wildman–Crippen LogP) is 4.34. The topological polar surface area (TPSA) is 66.9 Å². The highest BCUT2D eigenvalue weighted by atomic mass is 16.1. The van der Waals surface area contributed by atoms with Crippen LogP contribution in [-0.2, 0) is 6.42 Å². The summed E-state index contributed by atoms with van der Waals surface area (Å²) < 4.78 is 0. The molecule has 5 heteroatoms. The summed E-state index contributed by atoms with van der Waals surface area (Å²) >= 11 is 0. The highest BCUT2D eigenvalue weighted by molar-refractivity contribution is 6.03. The summed E-state index contributed by atoms with van der Waals surface area (Å²) in [6.45, 7) is 4.13. The second-order valence-corrected chi connectivity index (χ2v) is 5.79. The van der Waals surface area contributed by atoms with Crippen molar-refractivity contribution in [3.8, 4) is 0 Å². The molecule has 3 rings (SSSR count). The van der Waals surface area contributed by atoms with Gasteiger partial charge in [0, 0.05) is 23.8 Å². The lowest BCUT2D eigenvalue weighted by Gasteiger charge is -2.07. The van der Waals surface area contributed by atoms with Crippen LogP contribution in [0.15, 0.2) is 60.9 Å². The van der Waals surface area contributed by atoms with Crippen molar-refractivity contribution in [1.82, 2.24) is 9.97 Å². The van der Waals surface area contributed by atoms with Crippen LogP contribution >= 0.6 is 0 Å². The van der Waals surface area contributed by atoms with Gasteiger partial charge in [-0.25, -0.2) is 9.97 Å². The van der Waals surface area contributed by atoms with Crippen LogP contribution in [-0.4, -0.2) is 15.9 Å². The summed E-state index contributed by atoms with van der Waals surface area (Å²) in [5.41, 5.74) is 4.48. The van der Waals surface area contributed by atoms with Gasteiger partial charge in [0.2, 0.25) is 5.95 Å². The molecule has 0 spiro atoms. The minimum absolute atomic E-state index is 0.230. The van der Waals surface area contributed by atoms with Crippen LogP contribution in [0.2, 0.25) is 0 Å². The van der Waals surface area contributed by atoms with Crippen molar-refractivity contribution >= 4 is 23.2 Å². The molecule has 1 heterocycles. The summed E-state index contributed by atoms with van der Waals surface area (Å²) in [7, 11) is 0. The van der Waals surface area contributed by atoms with E-state index in [-0.39, 0.29) is 5.91 Å². The molecule has 0 radical (unpaired) electrons. The summed E-state index contributed by atoms with van der Waals surface area (Å²) in [6.07, 6.45) is 4.00. The van der Waals surface area contributed by atoms with Crippen molar-refractivity contribution < 1.29 is 4.79 Å². The summed E-state index contributed by atoms with van der Waals surface area (Å²) in [5.74, 6) is 0.221. The first-order chi connectivity index (χ1) is 12.1. The number of benzene rings is 2. The Morgan fingerprint density at radius 3 is 2.12 bits per heavy atom. The lowest BCUT2D eigenvalue weighted by atomic mass is 10.1. The van der Waals surface area contributed by atoms with E-state index in [0.29, 0.717) is 11.5 Å². The van der Waals surface area contributed by atoms with E-state index in [1.165, 1.54) is 23.5 Å². The molecule has 0 saturated carbocycles. The van der Waals surface area contributed by atoms with Crippen molar-refractivity contribution in [2.24, 2.45) is 0 Å². The van der Waals surface area contributed by atoms with Gasteiger partial charge in [-0.15, -0.1) is 0 Å². The van der Waals surface area contributed by atoms with Crippen molar-refractivity contribution in [2.75, 3.05) is 10.6 Å². The standard InChI is InChI=1S/C20H20N4O/c1-3-15-6-10-17(11-7-15)23-19(25)16-12-21-20(22-13-16)24-18-8-4-14(2)5-9-18/h4-13H,3H2,1-2H3,(H,23,25)(H,21,22,24). The first kappa shape index (κ1) is 16.6. The second-order valence-electron chi connectivity index (χ2n) is 5.79. The number of aromatic nitrogens is 2. The Balaban J connectivity index is 1.64. The Kier molecular flexibility index (Phi) is 5.04. The number of amides is 1. The van der Waals surface area contributed by atoms with E-state index in [9.17, 15) is 4.79 Å². The number of hydrogen-bond acceptors (Lipinski definition) is 4. The van der Waals surface area contributed by atoms with Crippen LogP contribution in [0.3, 0.4) is 0 Å². The molecule has 1 amide bonds. The van der Waals surface area contributed by atoms with Crippen LogP contribution in [0.5, 0.6) is 0 Å². The molecule has 0 atom stereocenters. The van der Waals surface area contributed by atoms with Crippen molar-refractivity contribution in [2.45, 2.75) is 20.3 Å². The van der Waals surface area contributed by atoms with E-state index in [4.69, 9.17) is 0 Å². The van der Waals surface area contributed by atoms with Gasteiger partial charge in [-0.3, -0.25) is 4.79 Å². The van der Waals surface area contributed by atoms with Gasteiger partial charge in [-0.05, 0) is 43.2 Å². The molecule has 3 aromatic rings. The highest BCUT2D eigenvalue weighted by Crippen LogP contribution is 2.14. The van der Waals surface area contributed by atoms with Gasteiger partial charge in [-0.1, -0.05) is 36.8 Å². The summed E-state index contributed by atoms with van der Waals surface area (Å²) in [6, 6.07) is 15.7. The lowest BCUT2D eigenvalue weighted by molar-refractivity contribution is 0.102. The van der Waals surface area contributed by atoms with Crippen LogP contribution in [0.25, 0.3) is 0 Å². The lowest BCUT2D eigenvalue weighted by Crippen LogP contribution is -2.13. The molecule has 0 saturated heterocycles. The van der Waals surface area contributed by atoms with Gasteiger partial charge < -0.3 is 10.6 Å². The molecule has 0 aliphatic carbocycles. The van der Waals surface area contributed by atoms with E-state index in [1.807, 2.05) is 55.5 Å². The fraction of sp³-hybridized carbons (Fsp3) is 0.150. The average molecular weight is 332 g/mol. The fourth-order valence-electron chi connectivity index (χ4n) is 2.30. The maximum absolute atomic E-state index is 12.3. The maximum Gasteiger partial charge on any atom is 0.258 e. The molecule has 25 heavy (non-hydrogen) atoms. The van der Waals surface area contributed by atoms with Gasteiger partial charge >= 0.3 is 0 Å². The zero-order valence-corrected chi connectivity index (χ0v) is 14.3. The Labute approximate surface area is 147 Å². The van der Waals surface area contributed by atoms with E-state index in [0.717, 1.165) is 17.8 Å². The SMILES string of the molecule is CCc1ccc(NC(=O)c2cnc(Nc3ccc(C)cc3)nc2)cc1. The van der Waals surface area contributed by atoms with Crippen LogP contribution in [0.1, 0.15) is 28.4 Å². The summed E-state index contributed by atoms with van der Waals surface area (Å²) in [5, 5.41) is 5.95. The molecule has 126 valence electrons. The zero-order valence-electron chi connectivity index (χ0n) is 14.3. The number of aryl methyl sites for hydroxylation is 2. The monoisotopic (exact) mass is 332 g/mol. The molecule has 2 aromatic carbocycles. The first-order valence-electron chi connectivity index (χ1n) is 8.20. The maximum atomic E-state index is 12.3. The Morgan fingerprint density at radius 1 is 0.920 bits per heavy atom. The quantitative estimate of drug-likeness (QED) is 0.729. The molecule has 5 nitrogen and oxygen atoms in total. The number of carbonyl (C=O) groups excluding carboxylic acids is 1. The fourth-order valence-corrected chi connectivity index (χ4v) is 2.30. The number of hydrogen-bond donors (Lipinski definition) is 2. The largest absolute Gasteiger partial charge is 0.324 e. The molecular weight excluding hydrogens is 312 g/mol. The van der Waals surface area contributed by atoms with Gasteiger partial charge in [0.1, 0.15) is 0 Å². The van der Waals surface area contributed by atoms with Gasteiger partial charge in [0.05, 0.1) is 5.56 Å². The second kappa shape index (κ2) is 7.57. The molecular formula is C20H20N4O. The van der Waals surface area contributed by atoms with Crippen molar-refractivity contribution in [3.63, 3.8) is 0 Å². The molecule has 0 aliphatic heterocycles. The van der Waals surface area contributed by atoms with Crippen molar-refractivity contribution in [1.29, 1.82) is 0 Å². The zero-order chi connectivity index (χ0) is 17.6. The normalized spacial score (nSPS) is 10.3. The minimum Gasteiger partial charge on any atom is -0.324 e. The van der Waals surface area contributed by atoms with Gasteiger partial charge in [0.15, 0.2) is 0 Å². The van der Waals surface area contributed by atoms with Gasteiger partial charge in [-0.2, -0.15) is 0 Å². The third kappa shape index (κ3) is 4.41. The third-order valence-corrected chi connectivity index (χ3v) is 3.84. The van der Waals surface area contributed by atoms with E-state index >= 15 is 0 Å². The smallest absolute Gasteiger partial charge is 0.258 e.